The summed E-state index contributed by atoms with van der Waals surface area (Å²) in [6.07, 6.45) is 10.1. The Balaban J connectivity index is 1.35. The van der Waals surface area contributed by atoms with Crippen molar-refractivity contribution in [3.8, 4) is 0 Å². The first kappa shape index (κ1) is 60.3. The molecule has 0 bridgehead atoms. The Bertz CT molecular complexity index is 2990. The van der Waals surface area contributed by atoms with E-state index in [2.05, 4.69) is 23.6 Å². The van der Waals surface area contributed by atoms with Crippen molar-refractivity contribution in [3.05, 3.63) is 93.6 Å². The molecule has 1 fully saturated rings. The van der Waals surface area contributed by atoms with Crippen LogP contribution in [0.4, 0.5) is 11.4 Å². The Labute approximate surface area is 449 Å². The van der Waals surface area contributed by atoms with Gasteiger partial charge in [0.1, 0.15) is 6.54 Å². The maximum Gasteiger partial charge on any atom is 0.333 e. The van der Waals surface area contributed by atoms with Gasteiger partial charge in [-0.25, -0.2) is 28.0 Å². The second-order valence-electron chi connectivity index (χ2n) is 18.9. The van der Waals surface area contributed by atoms with Crippen molar-refractivity contribution < 1.29 is 87.4 Å². The number of sulfonamides is 1. The fourth-order valence-electron chi connectivity index (χ4n) is 9.37. The Morgan fingerprint density at radius 3 is 2.20 bits per heavy atom. The van der Waals surface area contributed by atoms with Crippen LogP contribution in [0.3, 0.4) is 0 Å². The van der Waals surface area contributed by atoms with E-state index in [4.69, 9.17) is 15.4 Å². The number of hydroxylamine groups is 2. The van der Waals surface area contributed by atoms with Gasteiger partial charge in [-0.05, 0) is 99.1 Å². The summed E-state index contributed by atoms with van der Waals surface area (Å²) in [7, 11) is -11.3. The molecule has 0 radical (unpaired) electrons. The molecule has 0 unspecified atom stereocenters. The molecule has 1 saturated heterocycles. The van der Waals surface area contributed by atoms with Gasteiger partial charge in [-0.2, -0.15) is 21.4 Å². The van der Waals surface area contributed by atoms with Crippen molar-refractivity contribution in [3.63, 3.8) is 0 Å². The summed E-state index contributed by atoms with van der Waals surface area (Å²) >= 11 is 2.98. The molecule has 3 heterocycles. The molecular weight excluding hydrogens is 1100 g/mol. The molecule has 22 nitrogen and oxygen atoms in total. The molecule has 2 aromatic rings. The summed E-state index contributed by atoms with van der Waals surface area (Å²) in [5.41, 5.74) is 5.04. The molecular formula is C47H61N4O18S6+. The number of carbonyl (C=O) groups is 3. The van der Waals surface area contributed by atoms with Crippen LogP contribution in [0.2, 0.25) is 0 Å². The zero-order valence-electron chi connectivity index (χ0n) is 41.8. The van der Waals surface area contributed by atoms with Crippen molar-refractivity contribution in [2.75, 3.05) is 54.6 Å². The number of hydrogen-bond donors (Lipinski definition) is 4. The Morgan fingerprint density at radius 1 is 0.813 bits per heavy atom. The highest BCUT2D eigenvalue weighted by Crippen LogP contribution is 2.50. The molecule has 2 aromatic carbocycles. The second-order valence-corrected chi connectivity index (χ2v) is 26.7. The molecule has 2 amide bonds. The number of allylic oxidation sites excluding steroid dienone is 7. The molecule has 3 aliphatic heterocycles. The van der Waals surface area contributed by atoms with E-state index >= 15 is 0 Å². The molecule has 1 aliphatic carbocycles. The third-order valence-corrected chi connectivity index (χ3v) is 19.1. The van der Waals surface area contributed by atoms with Gasteiger partial charge in [0.15, 0.2) is 5.71 Å². The molecule has 4 aliphatic rings. The van der Waals surface area contributed by atoms with Gasteiger partial charge in [-0.15, -0.1) is 25.5 Å². The average molecular weight is 1160 g/mol. The first-order valence-corrected chi connectivity index (χ1v) is 30.9. The smallest absolute Gasteiger partial charge is 0.333 e. The van der Waals surface area contributed by atoms with Crippen molar-refractivity contribution in [2.24, 2.45) is 0 Å². The highest BCUT2D eigenvalue weighted by atomic mass is 32.2. The molecule has 0 aromatic heterocycles. The fraction of sp³-hybridized carbons (Fsp3) is 0.489. The summed E-state index contributed by atoms with van der Waals surface area (Å²) in [5.74, 6) is -2.60. The van der Waals surface area contributed by atoms with Gasteiger partial charge in [0.2, 0.25) is 15.7 Å². The molecule has 75 heavy (non-hydrogen) atoms. The average Bonchev–Trinajstić information content (AvgIpc) is 3.85. The minimum Gasteiger partial charge on any atom is -0.344 e. The predicted octanol–water partition coefficient (Wildman–Crippen LogP) is 7.46. The molecule has 0 spiro atoms. The number of carbonyl (C=O) groups excluding carboxylic acids is 3. The third-order valence-electron chi connectivity index (χ3n) is 13.1. The van der Waals surface area contributed by atoms with Gasteiger partial charge >= 0.3 is 5.97 Å². The Morgan fingerprint density at radius 2 is 1.52 bits per heavy atom. The number of thioether (sulfide) groups is 1. The quantitative estimate of drug-likeness (QED) is 0.0128. The number of nitrogens with zero attached hydrogens (tertiary/aromatic N) is 4. The van der Waals surface area contributed by atoms with E-state index < -0.39 is 70.4 Å². The van der Waals surface area contributed by atoms with Crippen LogP contribution in [-0.4, -0.2) is 132 Å². The van der Waals surface area contributed by atoms with Gasteiger partial charge in [-0.3, -0.25) is 18.7 Å². The highest BCUT2D eigenvalue weighted by Gasteiger charge is 2.45. The maximum atomic E-state index is 14.1. The van der Waals surface area contributed by atoms with Crippen LogP contribution in [0.25, 0.3) is 0 Å². The lowest BCUT2D eigenvalue weighted by molar-refractivity contribution is -0.437. The van der Waals surface area contributed by atoms with E-state index in [0.717, 1.165) is 72.8 Å². The molecule has 28 heteroatoms. The lowest BCUT2D eigenvalue weighted by Gasteiger charge is -2.27. The minimum absolute atomic E-state index is 0.00785. The molecule has 0 saturated carbocycles. The molecule has 4 N–H and O–H groups in total. The molecule has 0 atom stereocenters. The van der Waals surface area contributed by atoms with E-state index in [1.54, 1.807) is 18.2 Å². The number of amides is 2. The Hall–Kier alpha value is -3.98. The van der Waals surface area contributed by atoms with E-state index in [1.165, 1.54) is 24.9 Å². The summed E-state index contributed by atoms with van der Waals surface area (Å²) in [5, 5.41) is 25.5. The van der Waals surface area contributed by atoms with Crippen LogP contribution in [0.5, 0.6) is 0 Å². The number of anilines is 1. The SMILES string of the molecule is CN(CCCC(=O)ON1C(=O)CCC1=O)S(=O)(=O)c1ccc2c(c1)C(C)(C)/C(=C\C=C1/CCCC(/C=C/C3=[N+](CCCS(=O)(=O)O)c4ccc(SOOO)cc4C3(C)C)=C1SCCS(=O)(=O)O)N2CCCSOOO. The summed E-state index contributed by atoms with van der Waals surface area (Å²) in [6, 6.07) is 10.3. The van der Waals surface area contributed by atoms with Crippen molar-refractivity contribution in [1.29, 1.82) is 0 Å². The van der Waals surface area contributed by atoms with Crippen LogP contribution in [0, 0.1) is 0 Å². The van der Waals surface area contributed by atoms with Gasteiger partial charge < -0.3 is 9.74 Å². The van der Waals surface area contributed by atoms with Gasteiger partial charge in [-0.1, -0.05) is 36.1 Å². The van der Waals surface area contributed by atoms with E-state index in [1.807, 2.05) is 68.7 Å². The second kappa shape index (κ2) is 25.7. The lowest BCUT2D eigenvalue weighted by Crippen LogP contribution is -2.32. The Kier molecular flexibility index (Phi) is 20.6. The van der Waals surface area contributed by atoms with Crippen molar-refractivity contribution in [2.45, 2.75) is 106 Å². The monoisotopic (exact) mass is 1160 g/mol. The predicted molar refractivity (Wildman–Crippen MR) is 281 cm³/mol. The van der Waals surface area contributed by atoms with Gasteiger partial charge in [0.05, 0.1) is 33.9 Å². The molecule has 6 rings (SSSR count). The fourth-order valence-corrected chi connectivity index (χ4v) is 13.9. The summed E-state index contributed by atoms with van der Waals surface area (Å²) in [4.78, 5) is 44.6. The van der Waals surface area contributed by atoms with Gasteiger partial charge in [0, 0.05) is 114 Å². The van der Waals surface area contributed by atoms with Crippen molar-refractivity contribution in [1.82, 2.24) is 9.37 Å². The number of rotatable bonds is 27. The van der Waals surface area contributed by atoms with Crippen LogP contribution in [0.1, 0.15) is 96.6 Å². The third kappa shape index (κ3) is 15.2. The van der Waals surface area contributed by atoms with Crippen LogP contribution < -0.4 is 4.90 Å². The molecule has 412 valence electrons. The minimum atomic E-state index is -4.32. The number of hydrogen-bond acceptors (Lipinski definition) is 20. The normalized spacial score (nSPS) is 19.0. The lowest BCUT2D eigenvalue weighted by atomic mass is 9.81. The standard InChI is InChI=1S/C47H60N4O18S6/c1-46(2)36-30-34(72-69-67-56)15-17-38(36)50(25-9-28-73(57,58)59)40(46)19-13-32-10-6-11-33(45(32)70-27-29-74(60,61)62)14-20-41-47(3,4)37-31-35(16-18-39(37)49(41)24-8-26-71-68-66-55)75(63,64)48(5)23-7-12-44(54)65-51-42(52)21-22-43(51)53/h13-20,30-31H,6-12,21-29H2,1-5H3,(H3-,55,56,57,58,59,60,61,62)/p+1. The zero-order valence-corrected chi connectivity index (χ0v) is 46.7. The zero-order chi connectivity index (χ0) is 54.9. The number of benzene rings is 2. The van der Waals surface area contributed by atoms with E-state index in [0.29, 0.717) is 53.5 Å². The largest absolute Gasteiger partial charge is 0.344 e. The van der Waals surface area contributed by atoms with Crippen LogP contribution >= 0.6 is 35.8 Å². The topological polar surface area (TPSA) is 293 Å². The first-order valence-electron chi connectivity index (χ1n) is 23.6. The highest BCUT2D eigenvalue weighted by molar-refractivity contribution is 8.04. The summed E-state index contributed by atoms with van der Waals surface area (Å²) in [6.45, 7) is 8.54. The number of imide groups is 1. The first-order chi connectivity index (χ1) is 35.3. The maximum absolute atomic E-state index is 14.1. The number of fused-ring (bicyclic) bond motifs is 2. The van der Waals surface area contributed by atoms with E-state index in [9.17, 15) is 48.7 Å². The van der Waals surface area contributed by atoms with Crippen molar-refractivity contribution >= 4 is 101 Å². The summed E-state index contributed by atoms with van der Waals surface area (Å²) < 4.78 is 107. The van der Waals surface area contributed by atoms with Crippen LogP contribution in [-0.2, 0) is 79.1 Å². The van der Waals surface area contributed by atoms with Gasteiger partial charge in [0.25, 0.3) is 32.1 Å². The van der Waals surface area contributed by atoms with Crippen LogP contribution in [0.15, 0.2) is 92.2 Å². The van der Waals surface area contributed by atoms with E-state index in [-0.39, 0.29) is 55.8 Å².